The molecule has 1 aromatic carbocycles. The topological polar surface area (TPSA) is 95.6 Å². The molecule has 1 atom stereocenters. The van der Waals surface area contributed by atoms with Gasteiger partial charge < -0.3 is 5.32 Å². The SMILES string of the molecule is CN(CC(=O)NC(=O)N[C@@H]1CCS(=O)(=O)C1)Cc1cccc(Cl)c1Cl. The monoisotopic (exact) mass is 407 g/mol. The molecule has 1 saturated heterocycles. The van der Waals surface area contributed by atoms with E-state index in [9.17, 15) is 18.0 Å². The van der Waals surface area contributed by atoms with E-state index < -0.39 is 27.8 Å². The second kappa shape index (κ2) is 8.35. The molecule has 0 radical (unpaired) electrons. The van der Waals surface area contributed by atoms with Crippen molar-refractivity contribution in [1.82, 2.24) is 15.5 Å². The van der Waals surface area contributed by atoms with E-state index in [1.807, 2.05) is 0 Å². The number of benzene rings is 1. The molecule has 138 valence electrons. The number of likely N-dealkylation sites (N-methyl/N-ethyl adjacent to an activating group) is 1. The summed E-state index contributed by atoms with van der Waals surface area (Å²) in [6.07, 6.45) is 0.358. The van der Waals surface area contributed by atoms with Gasteiger partial charge in [0.05, 0.1) is 28.1 Å². The molecule has 3 amide bonds. The Balaban J connectivity index is 1.79. The summed E-state index contributed by atoms with van der Waals surface area (Å²) in [5, 5.41) is 5.55. The number of imide groups is 1. The second-order valence-corrected chi connectivity index (χ2v) is 9.02. The van der Waals surface area contributed by atoms with Crippen molar-refractivity contribution >= 4 is 45.0 Å². The first-order valence-corrected chi connectivity index (χ1v) is 10.2. The van der Waals surface area contributed by atoms with Crippen molar-refractivity contribution in [3.63, 3.8) is 0 Å². The van der Waals surface area contributed by atoms with Gasteiger partial charge in [0.2, 0.25) is 5.91 Å². The van der Waals surface area contributed by atoms with Gasteiger partial charge in [-0.3, -0.25) is 15.0 Å². The van der Waals surface area contributed by atoms with Crippen LogP contribution < -0.4 is 10.6 Å². The molecule has 25 heavy (non-hydrogen) atoms. The molecule has 0 unspecified atom stereocenters. The Hall–Kier alpha value is -1.35. The van der Waals surface area contributed by atoms with Crippen molar-refractivity contribution < 1.29 is 18.0 Å². The summed E-state index contributed by atoms with van der Waals surface area (Å²) in [6.45, 7) is 0.356. The summed E-state index contributed by atoms with van der Waals surface area (Å²) < 4.78 is 22.7. The molecule has 10 heteroatoms. The Morgan fingerprint density at radius 2 is 2.04 bits per heavy atom. The minimum Gasteiger partial charge on any atom is -0.334 e. The number of amides is 3. The molecule has 0 saturated carbocycles. The zero-order valence-electron chi connectivity index (χ0n) is 13.6. The largest absolute Gasteiger partial charge is 0.334 e. The lowest BCUT2D eigenvalue weighted by Gasteiger charge is -2.18. The van der Waals surface area contributed by atoms with Crippen LogP contribution in [0.15, 0.2) is 18.2 Å². The predicted molar refractivity (Wildman–Crippen MR) is 96.5 cm³/mol. The minimum atomic E-state index is -3.09. The lowest BCUT2D eigenvalue weighted by Crippen LogP contribution is -2.47. The van der Waals surface area contributed by atoms with Crippen LogP contribution in [0.25, 0.3) is 0 Å². The van der Waals surface area contributed by atoms with Gasteiger partial charge in [0.25, 0.3) is 0 Å². The molecule has 0 aliphatic carbocycles. The Labute approximate surface area is 156 Å². The smallest absolute Gasteiger partial charge is 0.321 e. The first-order chi connectivity index (χ1) is 11.7. The Bertz CT molecular complexity index is 770. The van der Waals surface area contributed by atoms with E-state index in [1.54, 1.807) is 30.1 Å². The quantitative estimate of drug-likeness (QED) is 0.769. The molecule has 1 heterocycles. The zero-order chi connectivity index (χ0) is 18.6. The molecule has 0 bridgehead atoms. The van der Waals surface area contributed by atoms with Crippen LogP contribution in [0.4, 0.5) is 4.79 Å². The lowest BCUT2D eigenvalue weighted by atomic mass is 10.2. The predicted octanol–water partition coefficient (Wildman–Crippen LogP) is 1.44. The van der Waals surface area contributed by atoms with Gasteiger partial charge in [-0.05, 0) is 25.1 Å². The molecule has 1 aliphatic heterocycles. The Kier molecular flexibility index (Phi) is 6.67. The fourth-order valence-corrected chi connectivity index (χ4v) is 4.61. The van der Waals surface area contributed by atoms with E-state index >= 15 is 0 Å². The fourth-order valence-electron chi connectivity index (χ4n) is 2.56. The molecule has 0 aromatic heterocycles. The average molecular weight is 408 g/mol. The van der Waals surface area contributed by atoms with Crippen LogP contribution in [-0.2, 0) is 21.2 Å². The maximum absolute atomic E-state index is 11.9. The maximum Gasteiger partial charge on any atom is 0.321 e. The number of carbonyl (C=O) groups excluding carboxylic acids is 2. The van der Waals surface area contributed by atoms with E-state index in [0.29, 0.717) is 23.0 Å². The molecule has 1 aliphatic rings. The number of carbonyl (C=O) groups is 2. The maximum atomic E-state index is 11.9. The van der Waals surface area contributed by atoms with E-state index in [2.05, 4.69) is 10.6 Å². The van der Waals surface area contributed by atoms with Crippen LogP contribution >= 0.6 is 23.2 Å². The number of sulfone groups is 1. The summed E-state index contributed by atoms with van der Waals surface area (Å²) in [6, 6.07) is 4.09. The van der Waals surface area contributed by atoms with Gasteiger partial charge in [-0.2, -0.15) is 0 Å². The highest BCUT2D eigenvalue weighted by molar-refractivity contribution is 7.91. The van der Waals surface area contributed by atoms with Gasteiger partial charge in [0.1, 0.15) is 0 Å². The van der Waals surface area contributed by atoms with Gasteiger partial charge in [0, 0.05) is 12.6 Å². The van der Waals surface area contributed by atoms with Crippen LogP contribution in [0.5, 0.6) is 0 Å². The number of urea groups is 1. The highest BCUT2D eigenvalue weighted by atomic mass is 35.5. The van der Waals surface area contributed by atoms with Crippen molar-refractivity contribution in [2.45, 2.75) is 19.0 Å². The molecule has 2 rings (SSSR count). The van der Waals surface area contributed by atoms with Gasteiger partial charge >= 0.3 is 6.03 Å². The third kappa shape index (κ3) is 6.14. The Morgan fingerprint density at radius 1 is 1.32 bits per heavy atom. The molecule has 1 aromatic rings. The van der Waals surface area contributed by atoms with Crippen LogP contribution in [0.3, 0.4) is 0 Å². The Morgan fingerprint density at radius 3 is 2.68 bits per heavy atom. The second-order valence-electron chi connectivity index (χ2n) is 6.01. The van der Waals surface area contributed by atoms with Crippen molar-refractivity contribution in [3.05, 3.63) is 33.8 Å². The van der Waals surface area contributed by atoms with Crippen LogP contribution in [0.1, 0.15) is 12.0 Å². The molecule has 0 spiro atoms. The van der Waals surface area contributed by atoms with E-state index in [-0.39, 0.29) is 18.1 Å². The normalized spacial score (nSPS) is 19.0. The van der Waals surface area contributed by atoms with Gasteiger partial charge in [-0.15, -0.1) is 0 Å². The fraction of sp³-hybridized carbons (Fsp3) is 0.467. The summed E-state index contributed by atoms with van der Waals surface area (Å²) in [7, 11) is -1.38. The third-order valence-electron chi connectivity index (χ3n) is 3.71. The van der Waals surface area contributed by atoms with E-state index in [1.165, 1.54) is 0 Å². The molecule has 7 nitrogen and oxygen atoms in total. The number of hydrogen-bond acceptors (Lipinski definition) is 5. The number of rotatable bonds is 5. The van der Waals surface area contributed by atoms with E-state index in [4.69, 9.17) is 23.2 Å². The number of nitrogens with one attached hydrogen (secondary N) is 2. The van der Waals surface area contributed by atoms with Crippen LogP contribution in [0.2, 0.25) is 10.0 Å². The molecular formula is C15H19Cl2N3O4S. The van der Waals surface area contributed by atoms with E-state index in [0.717, 1.165) is 5.56 Å². The van der Waals surface area contributed by atoms with Crippen molar-refractivity contribution in [2.75, 3.05) is 25.1 Å². The first-order valence-electron chi connectivity index (χ1n) is 7.58. The van der Waals surface area contributed by atoms with Gasteiger partial charge in [-0.25, -0.2) is 13.2 Å². The summed E-state index contributed by atoms with van der Waals surface area (Å²) in [5.41, 5.74) is 0.769. The molecule has 2 N–H and O–H groups in total. The first kappa shape index (κ1) is 20.0. The molecule has 1 fully saturated rings. The van der Waals surface area contributed by atoms with Gasteiger partial charge in [-0.1, -0.05) is 35.3 Å². The van der Waals surface area contributed by atoms with Gasteiger partial charge in [0.15, 0.2) is 9.84 Å². The summed E-state index contributed by atoms with van der Waals surface area (Å²) >= 11 is 12.1. The van der Waals surface area contributed by atoms with Crippen LogP contribution in [-0.4, -0.2) is 56.4 Å². The minimum absolute atomic E-state index is 0.0285. The number of hydrogen-bond donors (Lipinski definition) is 2. The van der Waals surface area contributed by atoms with Crippen molar-refractivity contribution in [1.29, 1.82) is 0 Å². The van der Waals surface area contributed by atoms with Crippen molar-refractivity contribution in [3.8, 4) is 0 Å². The zero-order valence-corrected chi connectivity index (χ0v) is 15.9. The average Bonchev–Trinajstić information content (AvgIpc) is 2.82. The third-order valence-corrected chi connectivity index (χ3v) is 6.33. The summed E-state index contributed by atoms with van der Waals surface area (Å²) in [5.74, 6) is -0.546. The van der Waals surface area contributed by atoms with Crippen molar-refractivity contribution in [2.24, 2.45) is 0 Å². The highest BCUT2D eigenvalue weighted by Gasteiger charge is 2.29. The molecular weight excluding hydrogens is 389 g/mol. The highest BCUT2D eigenvalue weighted by Crippen LogP contribution is 2.26. The lowest BCUT2D eigenvalue weighted by molar-refractivity contribution is -0.121. The summed E-state index contributed by atoms with van der Waals surface area (Å²) in [4.78, 5) is 25.4. The van der Waals surface area contributed by atoms with Crippen LogP contribution in [0, 0.1) is 0 Å². The standard InChI is InChI=1S/C15H19Cl2N3O4S/c1-20(7-10-3-2-4-12(16)14(10)17)8-13(21)19-15(22)18-11-5-6-25(23,24)9-11/h2-4,11H,5-9H2,1H3,(H2,18,19,21,22)/t11-/m1/s1. The number of halogens is 2. The number of nitrogens with zero attached hydrogens (tertiary/aromatic N) is 1.